The molecular formula is C20H25ClN2O2S. The number of hydrogen-bond donors (Lipinski definition) is 1. The van der Waals surface area contributed by atoms with E-state index in [0.29, 0.717) is 29.0 Å². The minimum Gasteiger partial charge on any atom is -0.493 e. The molecule has 2 aromatic rings. The molecule has 4 nitrogen and oxygen atoms in total. The van der Waals surface area contributed by atoms with Crippen LogP contribution in [0.4, 0.5) is 5.69 Å². The summed E-state index contributed by atoms with van der Waals surface area (Å²) in [6.07, 6.45) is 0. The monoisotopic (exact) mass is 392 g/mol. The first-order valence-electron chi connectivity index (χ1n) is 8.44. The third-order valence-corrected chi connectivity index (χ3v) is 4.67. The zero-order chi connectivity index (χ0) is 19.3. The summed E-state index contributed by atoms with van der Waals surface area (Å²) in [5.41, 5.74) is 4.11. The molecule has 2 rings (SSSR count). The molecule has 0 aliphatic rings. The number of nitrogens with zero attached hydrogens (tertiary/aromatic N) is 1. The summed E-state index contributed by atoms with van der Waals surface area (Å²) < 4.78 is 11.0. The van der Waals surface area contributed by atoms with E-state index >= 15 is 0 Å². The molecule has 0 aliphatic heterocycles. The summed E-state index contributed by atoms with van der Waals surface area (Å²) in [6.45, 7) is 7.22. The lowest BCUT2D eigenvalue weighted by Gasteiger charge is -2.23. The molecule has 0 heterocycles. The van der Waals surface area contributed by atoms with Crippen molar-refractivity contribution in [3.8, 4) is 11.5 Å². The van der Waals surface area contributed by atoms with E-state index in [-0.39, 0.29) is 0 Å². The molecule has 0 spiro atoms. The lowest BCUT2D eigenvalue weighted by molar-refractivity contribution is 0.310. The van der Waals surface area contributed by atoms with Crippen LogP contribution >= 0.6 is 23.8 Å². The topological polar surface area (TPSA) is 33.7 Å². The Kier molecular flexibility index (Phi) is 7.12. The van der Waals surface area contributed by atoms with Crippen LogP contribution in [-0.2, 0) is 6.54 Å². The molecule has 26 heavy (non-hydrogen) atoms. The second-order valence-electron chi connectivity index (χ2n) is 6.14. The van der Waals surface area contributed by atoms with Gasteiger partial charge in [-0.15, -0.1) is 0 Å². The number of methoxy groups -OCH3 is 1. The van der Waals surface area contributed by atoms with E-state index in [9.17, 15) is 0 Å². The minimum absolute atomic E-state index is 0.597. The fourth-order valence-corrected chi connectivity index (χ4v) is 3.24. The second kappa shape index (κ2) is 9.10. The van der Waals surface area contributed by atoms with Gasteiger partial charge in [-0.3, -0.25) is 0 Å². The van der Waals surface area contributed by atoms with E-state index < -0.39 is 0 Å². The molecule has 2 aromatic carbocycles. The highest BCUT2D eigenvalue weighted by Crippen LogP contribution is 2.29. The predicted molar refractivity (Wildman–Crippen MR) is 113 cm³/mol. The summed E-state index contributed by atoms with van der Waals surface area (Å²) >= 11 is 11.9. The summed E-state index contributed by atoms with van der Waals surface area (Å²) in [6, 6.07) is 9.90. The van der Waals surface area contributed by atoms with Crippen molar-refractivity contribution in [1.29, 1.82) is 0 Å². The van der Waals surface area contributed by atoms with Gasteiger partial charge in [-0.2, -0.15) is 0 Å². The Hall–Kier alpha value is -1.98. The van der Waals surface area contributed by atoms with Crippen LogP contribution in [0.25, 0.3) is 0 Å². The Morgan fingerprint density at radius 2 is 1.92 bits per heavy atom. The van der Waals surface area contributed by atoms with Crippen LogP contribution in [0, 0.1) is 13.8 Å². The van der Waals surface area contributed by atoms with E-state index in [1.165, 1.54) is 0 Å². The molecule has 6 heteroatoms. The van der Waals surface area contributed by atoms with Gasteiger partial charge in [0.25, 0.3) is 0 Å². The third kappa shape index (κ3) is 5.02. The van der Waals surface area contributed by atoms with Gasteiger partial charge in [0.1, 0.15) is 0 Å². The predicted octanol–water partition coefficient (Wildman–Crippen LogP) is 5.19. The maximum Gasteiger partial charge on any atom is 0.173 e. The largest absolute Gasteiger partial charge is 0.493 e. The van der Waals surface area contributed by atoms with Gasteiger partial charge < -0.3 is 19.7 Å². The van der Waals surface area contributed by atoms with Crippen molar-refractivity contribution in [3.63, 3.8) is 0 Å². The normalized spacial score (nSPS) is 10.4. The van der Waals surface area contributed by atoms with Crippen molar-refractivity contribution in [2.24, 2.45) is 0 Å². The molecule has 0 saturated carbocycles. The van der Waals surface area contributed by atoms with E-state index in [1.807, 2.05) is 57.0 Å². The molecule has 0 aliphatic carbocycles. The molecule has 0 saturated heterocycles. The van der Waals surface area contributed by atoms with Gasteiger partial charge in [0.05, 0.1) is 24.4 Å². The molecule has 1 N–H and O–H groups in total. The lowest BCUT2D eigenvalue weighted by atomic mass is 10.1. The number of aryl methyl sites for hydroxylation is 2. The van der Waals surface area contributed by atoms with Gasteiger partial charge in [-0.1, -0.05) is 23.7 Å². The molecule has 0 fully saturated rings. The van der Waals surface area contributed by atoms with Gasteiger partial charge in [0.15, 0.2) is 16.6 Å². The fourth-order valence-electron chi connectivity index (χ4n) is 2.71. The number of ether oxygens (including phenoxy) is 2. The SMILES string of the molecule is CCOc1ccc(CN(C)C(=S)Nc2c(C)cc(C)cc2Cl)cc1OC. The van der Waals surface area contributed by atoms with Gasteiger partial charge >= 0.3 is 0 Å². The first-order valence-corrected chi connectivity index (χ1v) is 9.22. The zero-order valence-electron chi connectivity index (χ0n) is 15.9. The Balaban J connectivity index is 2.10. The minimum atomic E-state index is 0.597. The zero-order valence-corrected chi connectivity index (χ0v) is 17.4. The number of thiocarbonyl (C=S) groups is 1. The number of rotatable bonds is 6. The highest BCUT2D eigenvalue weighted by Gasteiger charge is 2.12. The van der Waals surface area contributed by atoms with Crippen molar-refractivity contribution < 1.29 is 9.47 Å². The van der Waals surface area contributed by atoms with E-state index in [4.69, 9.17) is 33.3 Å². The number of benzene rings is 2. The fraction of sp³-hybridized carbons (Fsp3) is 0.350. The maximum atomic E-state index is 6.36. The molecule has 0 unspecified atom stereocenters. The Bertz CT molecular complexity index is 772. The highest BCUT2D eigenvalue weighted by atomic mass is 35.5. The van der Waals surface area contributed by atoms with E-state index in [1.54, 1.807) is 7.11 Å². The van der Waals surface area contributed by atoms with Crippen LogP contribution in [0.2, 0.25) is 5.02 Å². The van der Waals surface area contributed by atoms with Crippen molar-refractivity contribution >= 4 is 34.6 Å². The maximum absolute atomic E-state index is 6.36. The van der Waals surface area contributed by atoms with Crippen molar-refractivity contribution in [3.05, 3.63) is 52.0 Å². The highest BCUT2D eigenvalue weighted by molar-refractivity contribution is 7.80. The summed E-state index contributed by atoms with van der Waals surface area (Å²) in [4.78, 5) is 1.96. The Morgan fingerprint density at radius 3 is 2.54 bits per heavy atom. The smallest absolute Gasteiger partial charge is 0.173 e. The molecule has 0 bridgehead atoms. The second-order valence-corrected chi connectivity index (χ2v) is 6.94. The molecule has 140 valence electrons. The van der Waals surface area contributed by atoms with Crippen molar-refractivity contribution in [1.82, 2.24) is 4.90 Å². The lowest BCUT2D eigenvalue weighted by Crippen LogP contribution is -2.31. The first kappa shape index (κ1) is 20.3. The van der Waals surface area contributed by atoms with Crippen LogP contribution in [-0.4, -0.2) is 30.8 Å². The van der Waals surface area contributed by atoms with Crippen LogP contribution in [0.5, 0.6) is 11.5 Å². The number of hydrogen-bond acceptors (Lipinski definition) is 3. The van der Waals surface area contributed by atoms with Crippen LogP contribution < -0.4 is 14.8 Å². The van der Waals surface area contributed by atoms with Crippen molar-refractivity contribution in [2.45, 2.75) is 27.3 Å². The summed E-state index contributed by atoms with van der Waals surface area (Å²) in [5.74, 6) is 1.46. The van der Waals surface area contributed by atoms with E-state index in [2.05, 4.69) is 11.4 Å². The Labute approximate surface area is 166 Å². The Morgan fingerprint density at radius 1 is 1.19 bits per heavy atom. The van der Waals surface area contributed by atoms with Gasteiger partial charge in [-0.05, 0) is 67.9 Å². The molecular weight excluding hydrogens is 368 g/mol. The van der Waals surface area contributed by atoms with Gasteiger partial charge in [-0.25, -0.2) is 0 Å². The number of nitrogens with one attached hydrogen (secondary N) is 1. The molecule has 0 amide bonds. The first-order chi connectivity index (χ1) is 12.3. The van der Waals surface area contributed by atoms with Crippen LogP contribution in [0.15, 0.2) is 30.3 Å². The summed E-state index contributed by atoms with van der Waals surface area (Å²) in [5, 5.41) is 4.53. The van der Waals surface area contributed by atoms with E-state index in [0.717, 1.165) is 28.1 Å². The number of halogens is 1. The van der Waals surface area contributed by atoms with Crippen LogP contribution in [0.1, 0.15) is 23.6 Å². The third-order valence-electron chi connectivity index (χ3n) is 3.96. The quantitative estimate of drug-likeness (QED) is 0.684. The van der Waals surface area contributed by atoms with Crippen LogP contribution in [0.3, 0.4) is 0 Å². The standard InChI is InChI=1S/C20H25ClN2O2S/c1-6-25-17-8-7-15(11-18(17)24-5)12-23(4)20(26)22-19-14(3)9-13(2)10-16(19)21/h7-11H,6,12H2,1-5H3,(H,22,26). The molecule has 0 radical (unpaired) electrons. The molecule has 0 atom stereocenters. The van der Waals surface area contributed by atoms with Crippen molar-refractivity contribution in [2.75, 3.05) is 26.1 Å². The van der Waals surface area contributed by atoms with Gasteiger partial charge in [0.2, 0.25) is 0 Å². The average molecular weight is 393 g/mol. The average Bonchev–Trinajstić information content (AvgIpc) is 2.59. The molecule has 0 aromatic heterocycles. The summed E-state index contributed by atoms with van der Waals surface area (Å²) in [7, 11) is 3.58. The number of anilines is 1. The van der Waals surface area contributed by atoms with Gasteiger partial charge in [0, 0.05) is 13.6 Å².